The average molecular weight is 333 g/mol. The van der Waals surface area contributed by atoms with Gasteiger partial charge in [0.2, 0.25) is 0 Å². The normalized spacial score (nSPS) is 9.91. The predicted octanol–water partition coefficient (Wildman–Crippen LogP) is 3.92. The molecule has 0 unspecified atom stereocenters. The molecule has 0 saturated carbocycles. The summed E-state index contributed by atoms with van der Waals surface area (Å²) in [6.45, 7) is 1.48. The van der Waals surface area contributed by atoms with E-state index in [-0.39, 0.29) is 10.8 Å². The van der Waals surface area contributed by atoms with Crippen molar-refractivity contribution in [2.75, 3.05) is 10.6 Å². The van der Waals surface area contributed by atoms with E-state index in [4.69, 9.17) is 23.8 Å². The first-order valence-corrected chi connectivity index (χ1v) is 7.23. The zero-order chi connectivity index (χ0) is 16.1. The monoisotopic (exact) mass is 332 g/mol. The molecule has 0 atom stereocenters. The van der Waals surface area contributed by atoms with Crippen molar-refractivity contribution < 1.29 is 9.59 Å². The number of amides is 1. The van der Waals surface area contributed by atoms with Crippen LogP contribution in [0.25, 0.3) is 0 Å². The summed E-state index contributed by atoms with van der Waals surface area (Å²) in [6, 6.07) is 13.4. The first-order chi connectivity index (χ1) is 10.5. The van der Waals surface area contributed by atoms with Crippen molar-refractivity contribution in [1.82, 2.24) is 0 Å². The molecule has 0 aliphatic rings. The Kier molecular flexibility index (Phi) is 5.25. The Morgan fingerprint density at radius 2 is 1.41 bits per heavy atom. The van der Waals surface area contributed by atoms with Crippen LogP contribution >= 0.6 is 23.8 Å². The van der Waals surface area contributed by atoms with Crippen LogP contribution in [0.1, 0.15) is 17.3 Å². The molecule has 0 radical (unpaired) electrons. The third kappa shape index (κ3) is 4.38. The number of thiocarbonyl (C=S) groups is 1. The lowest BCUT2D eigenvalue weighted by atomic mass is 10.1. The van der Waals surface area contributed by atoms with Crippen LogP contribution < -0.4 is 10.6 Å². The van der Waals surface area contributed by atoms with Crippen molar-refractivity contribution in [2.45, 2.75) is 6.92 Å². The van der Waals surface area contributed by atoms with Crippen molar-refractivity contribution in [3.8, 4) is 0 Å². The van der Waals surface area contributed by atoms with Gasteiger partial charge in [-0.05, 0) is 55.5 Å². The highest BCUT2D eigenvalue weighted by molar-refractivity contribution is 7.82. The SMILES string of the molecule is CC(=O)c1ccc(NC(=O)C(=S)Nc2ccc(Cl)cc2)cc1. The van der Waals surface area contributed by atoms with Crippen LogP contribution in [0.4, 0.5) is 11.4 Å². The van der Waals surface area contributed by atoms with Crippen LogP contribution in [-0.4, -0.2) is 16.7 Å². The lowest BCUT2D eigenvalue weighted by Crippen LogP contribution is -2.27. The molecule has 1 amide bonds. The van der Waals surface area contributed by atoms with E-state index in [1.807, 2.05) is 0 Å². The number of nitrogens with one attached hydrogen (secondary N) is 2. The van der Waals surface area contributed by atoms with Gasteiger partial charge in [0.05, 0.1) is 0 Å². The van der Waals surface area contributed by atoms with Crippen molar-refractivity contribution in [3.63, 3.8) is 0 Å². The van der Waals surface area contributed by atoms with Gasteiger partial charge in [-0.3, -0.25) is 9.59 Å². The molecule has 4 nitrogen and oxygen atoms in total. The molecule has 2 N–H and O–H groups in total. The number of ketones is 1. The van der Waals surface area contributed by atoms with Gasteiger partial charge in [-0.1, -0.05) is 23.8 Å². The number of carbonyl (C=O) groups is 2. The zero-order valence-corrected chi connectivity index (χ0v) is 13.3. The quantitative estimate of drug-likeness (QED) is 0.660. The second-order valence-corrected chi connectivity index (χ2v) is 5.39. The van der Waals surface area contributed by atoms with Gasteiger partial charge in [-0.2, -0.15) is 0 Å². The van der Waals surface area contributed by atoms with Gasteiger partial charge in [0, 0.05) is 22.0 Å². The Bertz CT molecular complexity index is 712. The molecule has 2 aromatic carbocycles. The maximum absolute atomic E-state index is 12.0. The smallest absolute Gasteiger partial charge is 0.283 e. The largest absolute Gasteiger partial charge is 0.342 e. The van der Waals surface area contributed by atoms with Crippen LogP contribution in [0.3, 0.4) is 0 Å². The summed E-state index contributed by atoms with van der Waals surface area (Å²) in [7, 11) is 0. The molecule has 0 heterocycles. The fraction of sp³-hybridized carbons (Fsp3) is 0.0625. The highest BCUT2D eigenvalue weighted by atomic mass is 35.5. The molecule has 2 rings (SSSR count). The number of benzene rings is 2. The molecule has 0 bridgehead atoms. The lowest BCUT2D eigenvalue weighted by Gasteiger charge is -2.09. The van der Waals surface area contributed by atoms with E-state index in [1.54, 1.807) is 48.5 Å². The van der Waals surface area contributed by atoms with Gasteiger partial charge in [-0.25, -0.2) is 0 Å². The van der Waals surface area contributed by atoms with Crippen LogP contribution in [0, 0.1) is 0 Å². The van der Waals surface area contributed by atoms with Crippen molar-refractivity contribution in [1.29, 1.82) is 0 Å². The van der Waals surface area contributed by atoms with E-state index < -0.39 is 5.91 Å². The van der Waals surface area contributed by atoms with Crippen LogP contribution in [0.5, 0.6) is 0 Å². The predicted molar refractivity (Wildman–Crippen MR) is 92.7 cm³/mol. The summed E-state index contributed by atoms with van der Waals surface area (Å²) >= 11 is 10.8. The van der Waals surface area contributed by atoms with Gasteiger partial charge >= 0.3 is 0 Å². The molecule has 112 valence electrons. The average Bonchev–Trinajstić information content (AvgIpc) is 2.50. The summed E-state index contributed by atoms with van der Waals surface area (Å²) in [6.07, 6.45) is 0. The Labute approximate surface area is 138 Å². The zero-order valence-electron chi connectivity index (χ0n) is 11.7. The lowest BCUT2D eigenvalue weighted by molar-refractivity contribution is -0.110. The Morgan fingerprint density at radius 1 is 0.909 bits per heavy atom. The minimum atomic E-state index is -0.430. The Balaban J connectivity index is 1.97. The first kappa shape index (κ1) is 16.1. The van der Waals surface area contributed by atoms with Gasteiger partial charge in [0.15, 0.2) is 10.8 Å². The fourth-order valence-corrected chi connectivity index (χ4v) is 1.99. The van der Waals surface area contributed by atoms with E-state index >= 15 is 0 Å². The number of hydrogen-bond donors (Lipinski definition) is 2. The Morgan fingerprint density at radius 3 is 1.95 bits per heavy atom. The number of Topliss-reactive ketones (excluding diaryl/α,β-unsaturated/α-hetero) is 1. The van der Waals surface area contributed by atoms with E-state index in [0.717, 1.165) is 0 Å². The number of carbonyl (C=O) groups excluding carboxylic acids is 2. The van der Waals surface area contributed by atoms with Crippen LogP contribution in [0.15, 0.2) is 48.5 Å². The maximum Gasteiger partial charge on any atom is 0.283 e. The maximum atomic E-state index is 12.0. The third-order valence-electron chi connectivity index (χ3n) is 2.86. The number of halogens is 1. The standard InChI is InChI=1S/C16H13ClN2O2S/c1-10(20)11-2-6-13(7-3-11)18-15(21)16(22)19-14-8-4-12(17)5-9-14/h2-9H,1H3,(H,18,21)(H,19,22). The van der Waals surface area contributed by atoms with E-state index in [9.17, 15) is 9.59 Å². The molecule has 0 aliphatic carbocycles. The molecular formula is C16H13ClN2O2S. The van der Waals surface area contributed by atoms with Gasteiger partial charge in [0.25, 0.3) is 5.91 Å². The Hall–Kier alpha value is -2.24. The van der Waals surface area contributed by atoms with Gasteiger partial charge < -0.3 is 10.6 Å². The molecule has 22 heavy (non-hydrogen) atoms. The first-order valence-electron chi connectivity index (χ1n) is 6.44. The van der Waals surface area contributed by atoms with E-state index in [0.29, 0.717) is 22.0 Å². The second kappa shape index (κ2) is 7.15. The van der Waals surface area contributed by atoms with Crippen molar-refractivity contribution in [3.05, 3.63) is 59.1 Å². The summed E-state index contributed by atoms with van der Waals surface area (Å²) in [5, 5.41) is 6.09. The number of hydrogen-bond acceptors (Lipinski definition) is 3. The molecule has 0 aliphatic heterocycles. The summed E-state index contributed by atoms with van der Waals surface area (Å²) < 4.78 is 0. The molecular weight excluding hydrogens is 320 g/mol. The van der Waals surface area contributed by atoms with E-state index in [1.165, 1.54) is 6.92 Å². The molecule has 0 fully saturated rings. The summed E-state index contributed by atoms with van der Waals surface area (Å²) in [5.41, 5.74) is 1.83. The van der Waals surface area contributed by atoms with Crippen molar-refractivity contribution >= 4 is 51.9 Å². The minimum Gasteiger partial charge on any atom is -0.342 e. The van der Waals surface area contributed by atoms with E-state index in [2.05, 4.69) is 10.6 Å². The van der Waals surface area contributed by atoms with Crippen LogP contribution in [-0.2, 0) is 4.79 Å². The second-order valence-electron chi connectivity index (χ2n) is 4.55. The summed E-state index contributed by atoms with van der Waals surface area (Å²) in [4.78, 5) is 23.2. The van der Waals surface area contributed by atoms with Crippen molar-refractivity contribution in [2.24, 2.45) is 0 Å². The van der Waals surface area contributed by atoms with Crippen LogP contribution in [0.2, 0.25) is 5.02 Å². The summed E-state index contributed by atoms with van der Waals surface area (Å²) in [5.74, 6) is -0.460. The molecule has 6 heteroatoms. The highest BCUT2D eigenvalue weighted by Gasteiger charge is 2.10. The highest BCUT2D eigenvalue weighted by Crippen LogP contribution is 2.14. The number of rotatable bonds is 3. The molecule has 0 spiro atoms. The fourth-order valence-electron chi connectivity index (χ4n) is 1.70. The number of anilines is 2. The van der Waals surface area contributed by atoms with Gasteiger partial charge in [-0.15, -0.1) is 0 Å². The molecule has 0 saturated heterocycles. The third-order valence-corrected chi connectivity index (χ3v) is 3.40. The molecule has 2 aromatic rings. The minimum absolute atomic E-state index is 0.0298. The van der Waals surface area contributed by atoms with Gasteiger partial charge in [0.1, 0.15) is 0 Å². The topological polar surface area (TPSA) is 58.2 Å². The molecule has 0 aromatic heterocycles.